The Hall–Kier alpha value is -1.77. The van der Waals surface area contributed by atoms with Crippen LogP contribution in [0.3, 0.4) is 0 Å². The number of piperidine rings is 1. The molecule has 8 heteroatoms. The van der Waals surface area contributed by atoms with E-state index in [0.717, 1.165) is 24.5 Å². The van der Waals surface area contributed by atoms with Gasteiger partial charge in [-0.3, -0.25) is 4.79 Å². The van der Waals surface area contributed by atoms with Crippen LogP contribution < -0.4 is 4.90 Å². The minimum absolute atomic E-state index is 0.137. The molecule has 1 aliphatic carbocycles. The predicted molar refractivity (Wildman–Crippen MR) is 94.9 cm³/mol. The van der Waals surface area contributed by atoms with Gasteiger partial charge in [0.1, 0.15) is 0 Å². The number of aliphatic hydroxyl groups excluding tert-OH is 1. The Morgan fingerprint density at radius 1 is 1.36 bits per heavy atom. The summed E-state index contributed by atoms with van der Waals surface area (Å²) in [7, 11) is -3.35. The second kappa shape index (κ2) is 5.89. The number of aromatic nitrogens is 1. The van der Waals surface area contributed by atoms with Gasteiger partial charge >= 0.3 is 0 Å². The third kappa shape index (κ3) is 2.98. The maximum Gasteiger partial charge on any atom is 0.204 e. The van der Waals surface area contributed by atoms with Crippen molar-refractivity contribution in [2.75, 3.05) is 30.9 Å². The Labute approximate surface area is 150 Å². The first-order valence-corrected chi connectivity index (χ1v) is 10.8. The molecule has 2 aliphatic rings. The minimum Gasteiger partial charge on any atom is -0.396 e. The summed E-state index contributed by atoms with van der Waals surface area (Å²) < 4.78 is 23.3. The van der Waals surface area contributed by atoms with Crippen LogP contribution in [-0.4, -0.2) is 50.2 Å². The predicted octanol–water partition coefficient (Wildman–Crippen LogP) is 1.45. The molecule has 2 fully saturated rings. The molecule has 1 saturated carbocycles. The highest BCUT2D eigenvalue weighted by atomic mass is 32.2. The van der Waals surface area contributed by atoms with E-state index in [2.05, 4.69) is 9.88 Å². The average molecular weight is 378 g/mol. The van der Waals surface area contributed by atoms with Gasteiger partial charge in [-0.15, -0.1) is 0 Å². The number of benzene rings is 1. The molecule has 0 amide bonds. The molecule has 1 N–H and O–H groups in total. The number of rotatable bonds is 5. The molecule has 2 heterocycles. The molecule has 6 nitrogen and oxygen atoms in total. The van der Waals surface area contributed by atoms with E-state index in [4.69, 9.17) is 0 Å². The van der Waals surface area contributed by atoms with Crippen LogP contribution in [0.1, 0.15) is 15.2 Å². The maximum absolute atomic E-state index is 12.6. The molecule has 0 bridgehead atoms. The highest BCUT2D eigenvalue weighted by molar-refractivity contribution is 7.90. The van der Waals surface area contributed by atoms with E-state index >= 15 is 0 Å². The number of hydrogen-bond donors (Lipinski definition) is 1. The summed E-state index contributed by atoms with van der Waals surface area (Å²) in [4.78, 5) is 19.8. The zero-order valence-corrected chi connectivity index (χ0v) is 15.3. The van der Waals surface area contributed by atoms with Crippen LogP contribution in [-0.2, 0) is 9.84 Å². The zero-order valence-electron chi connectivity index (χ0n) is 13.6. The second-order valence-corrected chi connectivity index (χ2v) is 9.74. The lowest BCUT2D eigenvalue weighted by Crippen LogP contribution is -2.24. The van der Waals surface area contributed by atoms with Crippen molar-refractivity contribution in [1.29, 1.82) is 0 Å². The van der Waals surface area contributed by atoms with Crippen molar-refractivity contribution in [3.05, 3.63) is 40.9 Å². The first-order valence-electron chi connectivity index (χ1n) is 8.05. The van der Waals surface area contributed by atoms with Crippen molar-refractivity contribution in [2.45, 2.75) is 4.90 Å². The van der Waals surface area contributed by atoms with Gasteiger partial charge in [-0.1, -0.05) is 23.5 Å². The summed E-state index contributed by atoms with van der Waals surface area (Å²) in [5.41, 5.74) is 0.350. The van der Waals surface area contributed by atoms with Crippen LogP contribution in [0.25, 0.3) is 0 Å². The second-order valence-electron chi connectivity index (χ2n) is 6.72. The highest BCUT2D eigenvalue weighted by Gasteiger charge is 2.55. The number of aliphatic hydroxyl groups is 1. The summed E-state index contributed by atoms with van der Waals surface area (Å²) in [6.07, 6.45) is 2.68. The first-order chi connectivity index (χ1) is 11.9. The third-order valence-electron chi connectivity index (χ3n) is 5.09. The Morgan fingerprint density at radius 3 is 2.72 bits per heavy atom. The molecular weight excluding hydrogens is 360 g/mol. The molecular formula is C17H18N2O4S2. The Bertz CT molecular complexity index is 926. The Kier molecular flexibility index (Phi) is 3.93. The van der Waals surface area contributed by atoms with Crippen LogP contribution in [0, 0.1) is 17.8 Å². The number of carbonyl (C=O) groups excluding carboxylic acids is 1. The lowest BCUT2D eigenvalue weighted by molar-refractivity contribution is 0.104. The van der Waals surface area contributed by atoms with Crippen LogP contribution in [0.2, 0.25) is 0 Å². The Morgan fingerprint density at radius 2 is 2.08 bits per heavy atom. The number of nitrogens with zero attached hydrogens (tertiary/aromatic N) is 2. The van der Waals surface area contributed by atoms with E-state index in [9.17, 15) is 18.3 Å². The largest absolute Gasteiger partial charge is 0.396 e. The van der Waals surface area contributed by atoms with Crippen molar-refractivity contribution in [2.24, 2.45) is 17.8 Å². The van der Waals surface area contributed by atoms with Crippen LogP contribution >= 0.6 is 11.3 Å². The van der Waals surface area contributed by atoms with Gasteiger partial charge in [0.25, 0.3) is 0 Å². The topological polar surface area (TPSA) is 87.6 Å². The van der Waals surface area contributed by atoms with Gasteiger partial charge in [-0.2, -0.15) is 0 Å². The number of hydrogen-bond acceptors (Lipinski definition) is 7. The molecule has 4 rings (SSSR count). The van der Waals surface area contributed by atoms with E-state index in [0.29, 0.717) is 28.2 Å². The molecule has 1 aromatic carbocycles. The summed E-state index contributed by atoms with van der Waals surface area (Å²) in [6.45, 7) is 2.00. The highest BCUT2D eigenvalue weighted by Crippen LogP contribution is 2.52. The van der Waals surface area contributed by atoms with E-state index in [1.807, 2.05) is 0 Å². The smallest absolute Gasteiger partial charge is 0.204 e. The van der Waals surface area contributed by atoms with Gasteiger partial charge in [-0.25, -0.2) is 13.4 Å². The SMILES string of the molecule is CS(=O)(=O)c1cccc(C(=O)c2cnc(N3C[C@@H]4C(CO)[C@@H]4C3)s2)c1. The lowest BCUT2D eigenvalue weighted by atomic mass is 10.1. The third-order valence-corrected chi connectivity index (χ3v) is 7.26. The van der Waals surface area contributed by atoms with Crippen LogP contribution in [0.5, 0.6) is 0 Å². The number of anilines is 1. The number of sulfone groups is 1. The molecule has 1 unspecified atom stereocenters. The summed E-state index contributed by atoms with van der Waals surface area (Å²) in [5.74, 6) is 1.29. The van der Waals surface area contributed by atoms with Gasteiger partial charge in [0.2, 0.25) is 5.78 Å². The fraction of sp³-hybridized carbons (Fsp3) is 0.412. The monoisotopic (exact) mass is 378 g/mol. The van der Waals surface area contributed by atoms with Crippen LogP contribution in [0.4, 0.5) is 5.13 Å². The van der Waals surface area contributed by atoms with Crippen molar-refractivity contribution >= 4 is 32.1 Å². The number of ketones is 1. The van der Waals surface area contributed by atoms with Gasteiger partial charge in [0.05, 0.1) is 16.0 Å². The molecule has 1 saturated heterocycles. The van der Waals surface area contributed by atoms with Gasteiger partial charge in [0.15, 0.2) is 15.0 Å². The minimum atomic E-state index is -3.35. The van der Waals surface area contributed by atoms with E-state index in [1.165, 1.54) is 23.5 Å². The van der Waals surface area contributed by atoms with E-state index in [-0.39, 0.29) is 17.3 Å². The standard InChI is InChI=1S/C17H18N2O4S2/c1-25(22,23)11-4-2-3-10(5-11)16(21)15-6-18-17(24-15)19-7-12-13(8-19)14(12)9-20/h2-6,12-14,20H,7-9H2,1H3/t12-,13+,14?. The maximum atomic E-state index is 12.6. The molecule has 1 aromatic heterocycles. The number of carbonyl (C=O) groups is 1. The summed E-state index contributed by atoms with van der Waals surface area (Å²) in [5, 5.41) is 10.0. The van der Waals surface area contributed by atoms with E-state index < -0.39 is 9.84 Å². The summed E-state index contributed by atoms with van der Waals surface area (Å²) in [6, 6.07) is 6.09. The molecule has 0 spiro atoms. The molecule has 1 aliphatic heterocycles. The molecule has 2 aromatic rings. The van der Waals surface area contributed by atoms with Gasteiger partial charge < -0.3 is 10.0 Å². The molecule has 25 heavy (non-hydrogen) atoms. The fourth-order valence-electron chi connectivity index (χ4n) is 3.60. The molecule has 132 valence electrons. The van der Waals surface area contributed by atoms with Gasteiger partial charge in [0, 0.05) is 31.5 Å². The average Bonchev–Trinajstić information content (AvgIpc) is 2.99. The summed E-state index contributed by atoms with van der Waals surface area (Å²) >= 11 is 1.33. The fourth-order valence-corrected chi connectivity index (χ4v) is 5.17. The molecule has 0 radical (unpaired) electrons. The van der Waals surface area contributed by atoms with Crippen molar-refractivity contribution in [3.8, 4) is 0 Å². The van der Waals surface area contributed by atoms with Gasteiger partial charge in [-0.05, 0) is 29.9 Å². The quantitative estimate of drug-likeness (QED) is 0.793. The van der Waals surface area contributed by atoms with Crippen molar-refractivity contribution in [1.82, 2.24) is 4.98 Å². The molecule has 3 atom stereocenters. The van der Waals surface area contributed by atoms with Crippen molar-refractivity contribution in [3.63, 3.8) is 0 Å². The van der Waals surface area contributed by atoms with Crippen molar-refractivity contribution < 1.29 is 18.3 Å². The van der Waals surface area contributed by atoms with E-state index in [1.54, 1.807) is 18.3 Å². The zero-order chi connectivity index (χ0) is 17.8. The number of fused-ring (bicyclic) bond motifs is 1. The number of thiazole rings is 1. The Balaban J connectivity index is 1.52. The first kappa shape index (κ1) is 16.7. The normalized spacial score (nSPS) is 25.0. The lowest BCUT2D eigenvalue weighted by Gasteiger charge is -2.17. The van der Waals surface area contributed by atoms with Crippen LogP contribution in [0.15, 0.2) is 35.4 Å².